The zero-order valence-electron chi connectivity index (χ0n) is 21.6. The van der Waals surface area contributed by atoms with Crippen LogP contribution in [0.2, 0.25) is 0 Å². The largest absolute Gasteiger partial charge is 0.331 e. The van der Waals surface area contributed by atoms with Crippen molar-refractivity contribution < 1.29 is 14.2 Å². The molecule has 0 fully saturated rings. The number of amides is 2. The Morgan fingerprint density at radius 2 is 1.54 bits per heavy atom. The van der Waals surface area contributed by atoms with Crippen LogP contribution < -0.4 is 15.0 Å². The summed E-state index contributed by atoms with van der Waals surface area (Å²) in [6, 6.07) is 16.8. The van der Waals surface area contributed by atoms with Gasteiger partial charge in [-0.05, 0) is 63.9 Å². The first-order chi connectivity index (χ1) is 17.7. The molecule has 2 amide bonds. The molecule has 0 spiro atoms. The van der Waals surface area contributed by atoms with Crippen LogP contribution in [0.15, 0.2) is 71.8 Å². The van der Waals surface area contributed by atoms with E-state index in [-0.39, 0.29) is 22.4 Å². The van der Waals surface area contributed by atoms with Crippen molar-refractivity contribution >= 4 is 28.8 Å². The number of carbonyl (C=O) groups excluding carboxylic acids is 2. The molecule has 4 aromatic rings. The Morgan fingerprint density at radius 1 is 0.838 bits per heavy atom. The molecule has 3 heterocycles. The second-order valence-electron chi connectivity index (χ2n) is 9.54. The molecule has 0 aliphatic carbocycles. The third-order valence-corrected chi connectivity index (χ3v) is 6.72. The summed E-state index contributed by atoms with van der Waals surface area (Å²) >= 11 is 0. The van der Waals surface area contributed by atoms with E-state index in [4.69, 9.17) is 0 Å². The van der Waals surface area contributed by atoms with Gasteiger partial charge >= 0.3 is 5.91 Å². The summed E-state index contributed by atoms with van der Waals surface area (Å²) in [7, 11) is 0. The quantitative estimate of drug-likeness (QED) is 0.335. The molecule has 7 heteroatoms. The average molecular weight is 494 g/mol. The van der Waals surface area contributed by atoms with Crippen molar-refractivity contribution in [1.29, 1.82) is 0 Å². The highest BCUT2D eigenvalue weighted by Gasteiger charge is 2.48. The molecule has 2 aromatic heterocycles. The van der Waals surface area contributed by atoms with Gasteiger partial charge in [-0.2, -0.15) is 4.57 Å². The van der Waals surface area contributed by atoms with E-state index in [0.717, 1.165) is 27.2 Å². The minimum atomic E-state index is -0.517. The van der Waals surface area contributed by atoms with Crippen molar-refractivity contribution in [2.24, 2.45) is 0 Å². The van der Waals surface area contributed by atoms with Crippen LogP contribution in [0, 0.1) is 27.7 Å². The number of rotatable bonds is 5. The maximum atomic E-state index is 14.0. The van der Waals surface area contributed by atoms with Crippen LogP contribution in [0.25, 0.3) is 17.0 Å². The van der Waals surface area contributed by atoms with Crippen molar-refractivity contribution in [1.82, 2.24) is 9.78 Å². The number of aryl methyl sites for hydroxylation is 5. The van der Waals surface area contributed by atoms with E-state index in [1.54, 1.807) is 29.1 Å². The van der Waals surface area contributed by atoms with Crippen molar-refractivity contribution in [2.75, 3.05) is 4.90 Å². The van der Waals surface area contributed by atoms with E-state index >= 15 is 0 Å². The number of nitrogens with one attached hydrogen (secondary N) is 1. The number of benzene rings is 2. The Labute approximate surface area is 215 Å². The van der Waals surface area contributed by atoms with Gasteiger partial charge in [0.15, 0.2) is 12.4 Å². The van der Waals surface area contributed by atoms with E-state index in [9.17, 15) is 14.4 Å². The van der Waals surface area contributed by atoms with Gasteiger partial charge in [0.1, 0.15) is 5.57 Å². The molecule has 0 bridgehead atoms. The molecule has 1 N–H and O–H groups in total. The number of hydrogen-bond donors (Lipinski definition) is 1. The molecular weight excluding hydrogens is 464 g/mol. The Bertz CT molecular complexity index is 1660. The monoisotopic (exact) mass is 493 g/mol. The fourth-order valence-electron chi connectivity index (χ4n) is 4.87. The van der Waals surface area contributed by atoms with Gasteiger partial charge in [-0.3, -0.25) is 19.5 Å². The van der Waals surface area contributed by atoms with Gasteiger partial charge < -0.3 is 0 Å². The molecular formula is C30H29N4O3+. The normalized spacial score (nSPS) is 13.7. The van der Waals surface area contributed by atoms with E-state index in [1.165, 1.54) is 4.68 Å². The minimum absolute atomic E-state index is 0.0998. The molecule has 5 rings (SSSR count). The van der Waals surface area contributed by atoms with Crippen LogP contribution in [-0.2, 0) is 16.0 Å². The van der Waals surface area contributed by atoms with Gasteiger partial charge in [0.2, 0.25) is 0 Å². The SMILES string of the molecule is CCc1[nH]n(-c2ccc(C)cc2C)c(=O)c1C1=C([n+]2cccc(C)c2)C(=O)N(c2ccc(C)cc2)C1=O. The highest BCUT2D eigenvalue weighted by molar-refractivity contribution is 6.53. The standard InChI is InChI=1S/C30H28N4O3/c1-6-23-25(29(36)34(31-23)24-14-11-19(3)16-21(24)5)26-27(32-15-7-8-20(4)17-32)30(37)33(28(26)35)22-12-9-18(2)10-13-22/h7-17H,6H2,1-5H3/p+1. The molecule has 7 nitrogen and oxygen atoms in total. The Hall–Kier alpha value is -4.52. The first kappa shape index (κ1) is 24.2. The molecule has 0 saturated heterocycles. The van der Waals surface area contributed by atoms with Crippen LogP contribution in [-0.4, -0.2) is 21.6 Å². The molecule has 0 atom stereocenters. The maximum Gasteiger partial charge on any atom is 0.331 e. The summed E-state index contributed by atoms with van der Waals surface area (Å²) in [6.07, 6.45) is 4.00. The molecule has 37 heavy (non-hydrogen) atoms. The lowest BCUT2D eigenvalue weighted by Crippen LogP contribution is -2.39. The molecule has 0 unspecified atom stereocenters. The lowest BCUT2D eigenvalue weighted by molar-refractivity contribution is -0.577. The number of nitrogens with zero attached hydrogens (tertiary/aromatic N) is 3. The van der Waals surface area contributed by atoms with E-state index < -0.39 is 11.8 Å². The number of imide groups is 1. The summed E-state index contributed by atoms with van der Waals surface area (Å²) in [5.74, 6) is -0.989. The number of hydrogen-bond acceptors (Lipinski definition) is 3. The fraction of sp³-hybridized carbons (Fsp3) is 0.200. The molecule has 0 radical (unpaired) electrons. The van der Waals surface area contributed by atoms with Crippen LogP contribution in [0.1, 0.15) is 40.4 Å². The highest BCUT2D eigenvalue weighted by Crippen LogP contribution is 2.34. The van der Waals surface area contributed by atoms with Crippen LogP contribution in [0.4, 0.5) is 5.69 Å². The molecule has 2 aromatic carbocycles. The number of pyridine rings is 1. The van der Waals surface area contributed by atoms with Gasteiger partial charge in [0, 0.05) is 17.3 Å². The second-order valence-corrected chi connectivity index (χ2v) is 9.54. The van der Waals surface area contributed by atoms with Crippen molar-refractivity contribution in [3.8, 4) is 5.69 Å². The van der Waals surface area contributed by atoms with Crippen molar-refractivity contribution in [2.45, 2.75) is 41.0 Å². The maximum absolute atomic E-state index is 14.0. The minimum Gasteiger partial charge on any atom is -0.294 e. The highest BCUT2D eigenvalue weighted by atomic mass is 16.2. The topological polar surface area (TPSA) is 79.1 Å². The Morgan fingerprint density at radius 3 is 2.19 bits per heavy atom. The van der Waals surface area contributed by atoms with Crippen molar-refractivity contribution in [3.05, 3.63) is 111 Å². The molecule has 1 aliphatic rings. The third kappa shape index (κ3) is 4.02. The molecule has 186 valence electrons. The summed E-state index contributed by atoms with van der Waals surface area (Å²) < 4.78 is 3.12. The van der Waals surface area contributed by atoms with Crippen LogP contribution >= 0.6 is 0 Å². The number of H-pyrrole nitrogens is 1. The number of carbonyl (C=O) groups is 2. The summed E-state index contributed by atoms with van der Waals surface area (Å²) in [5, 5.41) is 3.21. The Balaban J connectivity index is 1.79. The Kier molecular flexibility index (Phi) is 5.99. The van der Waals surface area contributed by atoms with Gasteiger partial charge in [-0.1, -0.05) is 42.3 Å². The number of aromatic amines is 1. The molecule has 1 aliphatic heterocycles. The predicted molar refractivity (Wildman–Crippen MR) is 143 cm³/mol. The van der Waals surface area contributed by atoms with Gasteiger partial charge in [0.05, 0.1) is 16.9 Å². The molecule has 0 saturated carbocycles. The number of aromatic nitrogens is 3. The van der Waals surface area contributed by atoms with Gasteiger partial charge in [0.25, 0.3) is 17.2 Å². The van der Waals surface area contributed by atoms with Gasteiger partial charge in [-0.25, -0.2) is 9.58 Å². The van der Waals surface area contributed by atoms with E-state index in [2.05, 4.69) is 5.10 Å². The van der Waals surface area contributed by atoms with Crippen LogP contribution in [0.3, 0.4) is 0 Å². The number of anilines is 1. The van der Waals surface area contributed by atoms with Gasteiger partial charge in [-0.15, -0.1) is 0 Å². The summed E-state index contributed by atoms with van der Waals surface area (Å²) in [4.78, 5) is 43.0. The third-order valence-electron chi connectivity index (χ3n) is 6.72. The smallest absolute Gasteiger partial charge is 0.294 e. The predicted octanol–water partition coefficient (Wildman–Crippen LogP) is 4.19. The first-order valence-electron chi connectivity index (χ1n) is 12.3. The van der Waals surface area contributed by atoms with Crippen LogP contribution in [0.5, 0.6) is 0 Å². The van der Waals surface area contributed by atoms with E-state index in [0.29, 0.717) is 23.5 Å². The van der Waals surface area contributed by atoms with Crippen molar-refractivity contribution in [3.63, 3.8) is 0 Å². The first-order valence-corrected chi connectivity index (χ1v) is 12.3. The zero-order chi connectivity index (χ0) is 26.4. The average Bonchev–Trinajstić information content (AvgIpc) is 3.31. The summed E-state index contributed by atoms with van der Waals surface area (Å²) in [5.41, 5.74) is 5.82. The second kappa shape index (κ2) is 9.17. The lowest BCUT2D eigenvalue weighted by atomic mass is 10.0. The van der Waals surface area contributed by atoms with E-state index in [1.807, 2.05) is 77.1 Å². The summed E-state index contributed by atoms with van der Waals surface area (Å²) in [6.45, 7) is 9.71. The zero-order valence-corrected chi connectivity index (χ0v) is 21.6. The fourth-order valence-corrected chi connectivity index (χ4v) is 4.87. The lowest BCUT2D eigenvalue weighted by Gasteiger charge is -2.14.